The highest BCUT2D eigenvalue weighted by Crippen LogP contribution is 2.25. The molecule has 0 spiro atoms. The third-order valence-corrected chi connectivity index (χ3v) is 3.37. The third-order valence-electron chi connectivity index (χ3n) is 3.15. The molecule has 0 bridgehead atoms. The Hall–Kier alpha value is -1.52. The maximum atomic E-state index is 6.09. The molecular formula is C12H13ClN4. The first-order valence-electron chi connectivity index (χ1n) is 5.44. The van der Waals surface area contributed by atoms with Crippen molar-refractivity contribution in [1.82, 2.24) is 14.0 Å². The number of rotatable bonds is 1. The first-order valence-corrected chi connectivity index (χ1v) is 5.82. The summed E-state index contributed by atoms with van der Waals surface area (Å²) in [4.78, 5) is 4.64. The lowest BCUT2D eigenvalue weighted by atomic mass is 10.2. The molecule has 88 valence electrons. The van der Waals surface area contributed by atoms with E-state index < -0.39 is 0 Å². The SMILES string of the molecule is Cc1cc(Cl)cc2c1nc1n(C)c(CN)cn21. The van der Waals surface area contributed by atoms with Gasteiger partial charge in [-0.25, -0.2) is 4.98 Å². The summed E-state index contributed by atoms with van der Waals surface area (Å²) >= 11 is 6.09. The molecule has 5 heteroatoms. The molecule has 0 fully saturated rings. The van der Waals surface area contributed by atoms with Crippen LogP contribution in [-0.2, 0) is 13.6 Å². The van der Waals surface area contributed by atoms with E-state index in [0.717, 1.165) is 33.1 Å². The van der Waals surface area contributed by atoms with E-state index in [2.05, 4.69) is 4.98 Å². The van der Waals surface area contributed by atoms with Gasteiger partial charge in [0.15, 0.2) is 0 Å². The smallest absolute Gasteiger partial charge is 0.214 e. The lowest BCUT2D eigenvalue weighted by molar-refractivity contribution is 0.840. The molecule has 0 amide bonds. The van der Waals surface area contributed by atoms with Gasteiger partial charge in [-0.3, -0.25) is 4.40 Å². The predicted octanol–water partition coefficient (Wildman–Crippen LogP) is 2.25. The zero-order valence-corrected chi connectivity index (χ0v) is 10.5. The van der Waals surface area contributed by atoms with E-state index in [1.54, 1.807) is 0 Å². The maximum Gasteiger partial charge on any atom is 0.214 e. The molecule has 2 aromatic heterocycles. The van der Waals surface area contributed by atoms with Crippen LogP contribution in [0.5, 0.6) is 0 Å². The Bertz CT molecular complexity index is 723. The largest absolute Gasteiger partial charge is 0.325 e. The van der Waals surface area contributed by atoms with E-state index >= 15 is 0 Å². The number of aromatic nitrogens is 3. The molecule has 0 atom stereocenters. The molecule has 4 nitrogen and oxygen atoms in total. The van der Waals surface area contributed by atoms with Gasteiger partial charge in [0.05, 0.1) is 16.7 Å². The molecule has 3 aromatic rings. The Morgan fingerprint density at radius 1 is 1.41 bits per heavy atom. The van der Waals surface area contributed by atoms with E-state index in [9.17, 15) is 0 Å². The first-order chi connectivity index (χ1) is 8.11. The fourth-order valence-corrected chi connectivity index (χ4v) is 2.49. The number of hydrogen-bond donors (Lipinski definition) is 1. The van der Waals surface area contributed by atoms with Gasteiger partial charge in [0.25, 0.3) is 0 Å². The zero-order valence-electron chi connectivity index (χ0n) is 9.74. The van der Waals surface area contributed by atoms with Gasteiger partial charge >= 0.3 is 0 Å². The number of aryl methyl sites for hydroxylation is 2. The lowest BCUT2D eigenvalue weighted by Gasteiger charge is -1.98. The van der Waals surface area contributed by atoms with E-state index in [1.807, 2.05) is 41.3 Å². The van der Waals surface area contributed by atoms with Crippen LogP contribution >= 0.6 is 11.6 Å². The van der Waals surface area contributed by atoms with Crippen LogP contribution in [0.15, 0.2) is 18.3 Å². The number of benzene rings is 1. The minimum atomic E-state index is 0.501. The highest BCUT2D eigenvalue weighted by Gasteiger charge is 2.12. The Morgan fingerprint density at radius 2 is 2.18 bits per heavy atom. The van der Waals surface area contributed by atoms with Crippen molar-refractivity contribution in [2.24, 2.45) is 12.8 Å². The van der Waals surface area contributed by atoms with Crippen molar-refractivity contribution < 1.29 is 0 Å². The summed E-state index contributed by atoms with van der Waals surface area (Å²) in [6.45, 7) is 2.52. The molecule has 0 aliphatic heterocycles. The summed E-state index contributed by atoms with van der Waals surface area (Å²) in [7, 11) is 1.97. The Kier molecular flexibility index (Phi) is 2.18. The molecule has 0 aliphatic rings. The minimum Gasteiger partial charge on any atom is -0.325 e. The summed E-state index contributed by atoms with van der Waals surface area (Å²) in [5.74, 6) is 0.894. The molecular weight excluding hydrogens is 236 g/mol. The summed E-state index contributed by atoms with van der Waals surface area (Å²) < 4.78 is 4.05. The Morgan fingerprint density at radius 3 is 2.88 bits per heavy atom. The number of nitrogens with two attached hydrogens (primary N) is 1. The summed E-state index contributed by atoms with van der Waals surface area (Å²) in [5.41, 5.74) is 9.84. The molecule has 0 unspecified atom stereocenters. The fourth-order valence-electron chi connectivity index (χ4n) is 2.23. The fraction of sp³-hybridized carbons (Fsp3) is 0.250. The van der Waals surface area contributed by atoms with Crippen LogP contribution in [0.3, 0.4) is 0 Å². The van der Waals surface area contributed by atoms with E-state index in [-0.39, 0.29) is 0 Å². The van der Waals surface area contributed by atoms with Crippen molar-refractivity contribution in [3.8, 4) is 0 Å². The second-order valence-corrected chi connectivity index (χ2v) is 4.69. The second-order valence-electron chi connectivity index (χ2n) is 4.26. The zero-order chi connectivity index (χ0) is 12.2. The standard InChI is InChI=1S/C12H13ClN4/c1-7-3-8(13)4-10-11(7)15-12-16(2)9(5-14)6-17(10)12/h3-4,6H,5,14H2,1-2H3. The predicted molar refractivity (Wildman–Crippen MR) is 69.3 cm³/mol. The second kappa shape index (κ2) is 3.48. The summed E-state index contributed by atoms with van der Waals surface area (Å²) in [6.07, 6.45) is 2.01. The molecule has 0 saturated heterocycles. The van der Waals surface area contributed by atoms with Gasteiger partial charge in [-0.1, -0.05) is 11.6 Å². The van der Waals surface area contributed by atoms with Gasteiger partial charge < -0.3 is 10.3 Å². The van der Waals surface area contributed by atoms with Gasteiger partial charge in [-0.05, 0) is 24.6 Å². The lowest BCUT2D eigenvalue weighted by Crippen LogP contribution is -2.02. The van der Waals surface area contributed by atoms with Crippen molar-refractivity contribution in [2.75, 3.05) is 0 Å². The average molecular weight is 249 g/mol. The normalized spacial score (nSPS) is 11.8. The van der Waals surface area contributed by atoms with Gasteiger partial charge in [-0.2, -0.15) is 0 Å². The monoisotopic (exact) mass is 248 g/mol. The molecule has 17 heavy (non-hydrogen) atoms. The van der Waals surface area contributed by atoms with Crippen LogP contribution in [0.25, 0.3) is 16.8 Å². The summed E-state index contributed by atoms with van der Waals surface area (Å²) in [6, 6.07) is 3.87. The molecule has 2 N–H and O–H groups in total. The Labute approximate surface area is 104 Å². The van der Waals surface area contributed by atoms with E-state index in [0.29, 0.717) is 6.54 Å². The van der Waals surface area contributed by atoms with E-state index in [1.165, 1.54) is 0 Å². The highest BCUT2D eigenvalue weighted by molar-refractivity contribution is 6.31. The van der Waals surface area contributed by atoms with Crippen molar-refractivity contribution >= 4 is 28.4 Å². The third kappa shape index (κ3) is 1.38. The van der Waals surface area contributed by atoms with Gasteiger partial charge in [-0.15, -0.1) is 0 Å². The van der Waals surface area contributed by atoms with Crippen molar-refractivity contribution in [2.45, 2.75) is 13.5 Å². The topological polar surface area (TPSA) is 48.2 Å². The molecule has 1 aromatic carbocycles. The van der Waals surface area contributed by atoms with Crippen LogP contribution in [0, 0.1) is 6.92 Å². The molecule has 0 aliphatic carbocycles. The first kappa shape index (κ1) is 10.6. The van der Waals surface area contributed by atoms with Crippen molar-refractivity contribution in [3.05, 3.63) is 34.6 Å². The number of nitrogens with zero attached hydrogens (tertiary/aromatic N) is 3. The Balaban J connectivity index is 2.50. The van der Waals surface area contributed by atoms with Crippen LogP contribution < -0.4 is 5.73 Å². The number of fused-ring (bicyclic) bond motifs is 3. The van der Waals surface area contributed by atoms with Crippen LogP contribution in [0.4, 0.5) is 0 Å². The van der Waals surface area contributed by atoms with Crippen molar-refractivity contribution in [3.63, 3.8) is 0 Å². The molecule has 3 rings (SSSR count). The molecule has 0 radical (unpaired) electrons. The molecule has 2 heterocycles. The van der Waals surface area contributed by atoms with Gasteiger partial charge in [0.1, 0.15) is 0 Å². The maximum absolute atomic E-state index is 6.09. The van der Waals surface area contributed by atoms with Crippen LogP contribution in [0.2, 0.25) is 5.02 Å². The van der Waals surface area contributed by atoms with Crippen LogP contribution in [0.1, 0.15) is 11.3 Å². The van der Waals surface area contributed by atoms with Crippen LogP contribution in [-0.4, -0.2) is 14.0 Å². The summed E-state index contributed by atoms with van der Waals surface area (Å²) in [5, 5.41) is 0.731. The quantitative estimate of drug-likeness (QED) is 0.718. The van der Waals surface area contributed by atoms with Crippen molar-refractivity contribution in [1.29, 1.82) is 0 Å². The van der Waals surface area contributed by atoms with Gasteiger partial charge in [0, 0.05) is 24.8 Å². The molecule has 0 saturated carbocycles. The number of imidazole rings is 2. The number of halogens is 1. The average Bonchev–Trinajstić information content (AvgIpc) is 2.77. The minimum absolute atomic E-state index is 0.501. The van der Waals surface area contributed by atoms with E-state index in [4.69, 9.17) is 17.3 Å². The highest BCUT2D eigenvalue weighted by atomic mass is 35.5. The number of hydrogen-bond acceptors (Lipinski definition) is 2. The van der Waals surface area contributed by atoms with Gasteiger partial charge in [0.2, 0.25) is 5.78 Å².